The molecule has 0 unspecified atom stereocenters. The summed E-state index contributed by atoms with van der Waals surface area (Å²) in [5, 5.41) is 2.59. The van der Waals surface area contributed by atoms with Crippen LogP contribution in [0, 0.1) is 0 Å². The molecule has 0 aromatic rings. The van der Waals surface area contributed by atoms with Crippen molar-refractivity contribution in [2.24, 2.45) is 0 Å². The summed E-state index contributed by atoms with van der Waals surface area (Å²) in [6, 6.07) is -0.573. The third kappa shape index (κ3) is 5.27. The fraction of sp³-hybridized carbons (Fsp3) is 0.833. The number of amides is 1. The summed E-state index contributed by atoms with van der Waals surface area (Å²) >= 11 is 1.61. The van der Waals surface area contributed by atoms with Crippen molar-refractivity contribution in [2.45, 2.75) is 44.9 Å². The number of esters is 1. The van der Waals surface area contributed by atoms with Crippen LogP contribution in [-0.4, -0.2) is 48.7 Å². The lowest BCUT2D eigenvalue weighted by atomic mass is 10.2. The molecule has 1 fully saturated rings. The molecule has 3 atom stereocenters. The van der Waals surface area contributed by atoms with Gasteiger partial charge in [0.2, 0.25) is 5.91 Å². The third-order valence-corrected chi connectivity index (χ3v) is 3.95. The highest BCUT2D eigenvalue weighted by atomic mass is 32.2. The predicted octanol–water partition coefficient (Wildman–Crippen LogP) is 0.965. The highest BCUT2D eigenvalue weighted by Crippen LogP contribution is 2.22. The first-order chi connectivity index (χ1) is 8.52. The van der Waals surface area contributed by atoms with Crippen molar-refractivity contribution in [3.05, 3.63) is 0 Å². The molecule has 0 saturated carbocycles. The van der Waals surface area contributed by atoms with E-state index < -0.39 is 12.0 Å². The quantitative estimate of drug-likeness (QED) is 0.732. The maximum atomic E-state index is 11.4. The number of ether oxygens (including phenoxy) is 2. The van der Waals surface area contributed by atoms with Gasteiger partial charge in [-0.15, -0.1) is 0 Å². The molecule has 1 N–H and O–H groups in total. The molecular weight excluding hydrogens is 254 g/mol. The maximum Gasteiger partial charge on any atom is 0.329 e. The van der Waals surface area contributed by atoms with E-state index in [1.54, 1.807) is 11.8 Å². The number of methoxy groups -OCH3 is 1. The number of hydrogen-bond acceptors (Lipinski definition) is 5. The first kappa shape index (κ1) is 15.3. The molecule has 0 radical (unpaired) electrons. The number of thioether (sulfide) groups is 1. The first-order valence-corrected chi connectivity index (χ1v) is 7.26. The van der Waals surface area contributed by atoms with E-state index in [4.69, 9.17) is 4.74 Å². The molecule has 0 aromatic carbocycles. The van der Waals surface area contributed by atoms with Crippen LogP contribution >= 0.6 is 11.8 Å². The van der Waals surface area contributed by atoms with E-state index in [9.17, 15) is 9.59 Å². The Labute approximate surface area is 112 Å². The average Bonchev–Trinajstić information content (AvgIpc) is 2.72. The lowest BCUT2D eigenvalue weighted by Gasteiger charge is -2.16. The van der Waals surface area contributed by atoms with Gasteiger partial charge in [-0.1, -0.05) is 0 Å². The molecule has 5 nitrogen and oxygen atoms in total. The Morgan fingerprint density at radius 3 is 2.72 bits per heavy atom. The Kier molecular flexibility index (Phi) is 6.49. The second kappa shape index (κ2) is 7.63. The standard InChI is InChI=1S/C12H21NO4S/c1-8-4-5-10(17-8)6-18-7-11(12(15)16-3)13-9(2)14/h8,10-11H,4-7H2,1-3H3,(H,13,14)/t8-,10-,11-/m0/s1. The zero-order valence-corrected chi connectivity index (χ0v) is 11.9. The Bertz CT molecular complexity index is 298. The third-order valence-electron chi connectivity index (χ3n) is 2.77. The molecule has 1 heterocycles. The number of nitrogens with one attached hydrogen (secondary N) is 1. The molecular formula is C12H21NO4S. The summed E-state index contributed by atoms with van der Waals surface area (Å²) in [5.41, 5.74) is 0. The van der Waals surface area contributed by atoms with Gasteiger partial charge in [0.15, 0.2) is 0 Å². The highest BCUT2D eigenvalue weighted by molar-refractivity contribution is 7.99. The topological polar surface area (TPSA) is 64.6 Å². The van der Waals surface area contributed by atoms with E-state index >= 15 is 0 Å². The van der Waals surface area contributed by atoms with Crippen molar-refractivity contribution < 1.29 is 19.1 Å². The van der Waals surface area contributed by atoms with Gasteiger partial charge in [-0.25, -0.2) is 4.79 Å². The molecule has 0 aromatic heterocycles. The van der Waals surface area contributed by atoms with Gasteiger partial charge >= 0.3 is 5.97 Å². The molecule has 104 valence electrons. The van der Waals surface area contributed by atoms with Gasteiger partial charge in [0.05, 0.1) is 19.3 Å². The van der Waals surface area contributed by atoms with E-state index in [0.717, 1.165) is 18.6 Å². The summed E-state index contributed by atoms with van der Waals surface area (Å²) in [5.74, 6) is 0.730. The van der Waals surface area contributed by atoms with Crippen LogP contribution in [0.1, 0.15) is 26.7 Å². The molecule has 18 heavy (non-hydrogen) atoms. The molecule has 1 aliphatic rings. The summed E-state index contributed by atoms with van der Waals surface area (Å²) in [6.07, 6.45) is 2.76. The highest BCUT2D eigenvalue weighted by Gasteiger charge is 2.24. The fourth-order valence-corrected chi connectivity index (χ4v) is 2.98. The van der Waals surface area contributed by atoms with E-state index in [0.29, 0.717) is 11.9 Å². The van der Waals surface area contributed by atoms with Crippen molar-refractivity contribution in [2.75, 3.05) is 18.6 Å². The minimum Gasteiger partial charge on any atom is -0.467 e. The van der Waals surface area contributed by atoms with Crippen LogP contribution in [0.3, 0.4) is 0 Å². The van der Waals surface area contributed by atoms with Gasteiger partial charge in [0, 0.05) is 18.4 Å². The minimum absolute atomic E-state index is 0.225. The lowest BCUT2D eigenvalue weighted by Crippen LogP contribution is -2.42. The summed E-state index contributed by atoms with van der Waals surface area (Å²) < 4.78 is 10.3. The molecule has 0 bridgehead atoms. The normalized spacial score (nSPS) is 24.6. The van der Waals surface area contributed by atoms with Crippen molar-refractivity contribution in [3.8, 4) is 0 Å². The maximum absolute atomic E-state index is 11.4. The smallest absolute Gasteiger partial charge is 0.329 e. The number of carbonyl (C=O) groups excluding carboxylic acids is 2. The van der Waals surface area contributed by atoms with Crippen LogP contribution in [-0.2, 0) is 19.1 Å². The SMILES string of the molecule is COC(=O)[C@H](CSC[C@@H]1CC[C@H](C)O1)NC(C)=O. The van der Waals surface area contributed by atoms with Gasteiger partial charge in [-0.3, -0.25) is 4.79 Å². The molecule has 6 heteroatoms. The Balaban J connectivity index is 2.28. The fourth-order valence-electron chi connectivity index (χ4n) is 1.88. The summed E-state index contributed by atoms with van der Waals surface area (Å²) in [7, 11) is 1.32. The van der Waals surface area contributed by atoms with Crippen LogP contribution < -0.4 is 5.32 Å². The van der Waals surface area contributed by atoms with Gasteiger partial charge < -0.3 is 14.8 Å². The first-order valence-electron chi connectivity index (χ1n) is 6.11. The van der Waals surface area contributed by atoms with Crippen LogP contribution in [0.25, 0.3) is 0 Å². The minimum atomic E-state index is -0.573. The van der Waals surface area contributed by atoms with E-state index in [-0.39, 0.29) is 12.0 Å². The molecule has 1 saturated heterocycles. The second-order valence-electron chi connectivity index (χ2n) is 4.46. The van der Waals surface area contributed by atoms with Crippen LogP contribution in [0.5, 0.6) is 0 Å². The molecule has 1 amide bonds. The molecule has 1 rings (SSSR count). The van der Waals surface area contributed by atoms with Crippen molar-refractivity contribution >= 4 is 23.6 Å². The number of carbonyl (C=O) groups is 2. The predicted molar refractivity (Wildman–Crippen MR) is 70.5 cm³/mol. The average molecular weight is 275 g/mol. The number of hydrogen-bond donors (Lipinski definition) is 1. The monoisotopic (exact) mass is 275 g/mol. The van der Waals surface area contributed by atoms with Gasteiger partial charge in [-0.05, 0) is 19.8 Å². The molecule has 1 aliphatic heterocycles. The Hall–Kier alpha value is -0.750. The van der Waals surface area contributed by atoms with Crippen LogP contribution in [0.2, 0.25) is 0 Å². The van der Waals surface area contributed by atoms with E-state index in [1.165, 1.54) is 14.0 Å². The van der Waals surface area contributed by atoms with E-state index in [2.05, 4.69) is 17.0 Å². The van der Waals surface area contributed by atoms with E-state index in [1.807, 2.05) is 0 Å². The van der Waals surface area contributed by atoms with Crippen LogP contribution in [0.15, 0.2) is 0 Å². The Morgan fingerprint density at radius 2 is 2.22 bits per heavy atom. The molecule has 0 aliphatic carbocycles. The van der Waals surface area contributed by atoms with Crippen LogP contribution in [0.4, 0.5) is 0 Å². The number of rotatable bonds is 6. The Morgan fingerprint density at radius 1 is 1.50 bits per heavy atom. The summed E-state index contributed by atoms with van der Waals surface area (Å²) in [4.78, 5) is 22.4. The molecule has 0 spiro atoms. The van der Waals surface area contributed by atoms with Gasteiger partial charge in [0.1, 0.15) is 6.04 Å². The van der Waals surface area contributed by atoms with Gasteiger partial charge in [-0.2, -0.15) is 11.8 Å². The largest absolute Gasteiger partial charge is 0.467 e. The summed E-state index contributed by atoms with van der Waals surface area (Å²) in [6.45, 7) is 3.46. The van der Waals surface area contributed by atoms with Crippen molar-refractivity contribution in [1.29, 1.82) is 0 Å². The van der Waals surface area contributed by atoms with Crippen molar-refractivity contribution in [1.82, 2.24) is 5.32 Å². The zero-order chi connectivity index (χ0) is 13.5. The zero-order valence-electron chi connectivity index (χ0n) is 11.1. The van der Waals surface area contributed by atoms with Crippen molar-refractivity contribution in [3.63, 3.8) is 0 Å². The lowest BCUT2D eigenvalue weighted by molar-refractivity contribution is -0.144. The second-order valence-corrected chi connectivity index (χ2v) is 5.53. The van der Waals surface area contributed by atoms with Gasteiger partial charge in [0.25, 0.3) is 0 Å².